The van der Waals surface area contributed by atoms with Crippen LogP contribution in [0, 0.1) is 16.6 Å². The van der Waals surface area contributed by atoms with Crippen LogP contribution < -0.4 is 0 Å². The molecule has 2 fully saturated rings. The Balaban J connectivity index is 1.45. The van der Waals surface area contributed by atoms with Crippen molar-refractivity contribution in [2.45, 2.75) is 51.2 Å². The average Bonchev–Trinajstić information content (AvgIpc) is 3.13. The number of carbonyl (C=O) groups is 1. The second kappa shape index (κ2) is 6.58. The van der Waals surface area contributed by atoms with Crippen LogP contribution in [0.2, 0.25) is 0 Å². The average molecular weight is 390 g/mol. The lowest BCUT2D eigenvalue weighted by Crippen LogP contribution is -2.38. The summed E-state index contributed by atoms with van der Waals surface area (Å²) >= 11 is 1.30. The molecule has 2 atom stereocenters. The van der Waals surface area contributed by atoms with Gasteiger partial charge >= 0.3 is 0 Å². The Bertz CT molecular complexity index is 869. The highest BCUT2D eigenvalue weighted by atomic mass is 32.2. The van der Waals surface area contributed by atoms with Crippen LogP contribution in [0.25, 0.3) is 5.69 Å². The Morgan fingerprint density at radius 1 is 1.33 bits per heavy atom. The smallest absolute Gasteiger partial charge is 0.233 e. The summed E-state index contributed by atoms with van der Waals surface area (Å²) in [5.41, 5.74) is 1.04. The molecular formula is C19H24FN5OS. The van der Waals surface area contributed by atoms with Crippen LogP contribution in [0.1, 0.15) is 40.0 Å². The van der Waals surface area contributed by atoms with Gasteiger partial charge in [0.25, 0.3) is 0 Å². The molecule has 4 rings (SSSR count). The summed E-state index contributed by atoms with van der Waals surface area (Å²) in [7, 11) is 0. The van der Waals surface area contributed by atoms with Gasteiger partial charge in [-0.25, -0.2) is 4.39 Å². The minimum absolute atomic E-state index is 0.125. The fraction of sp³-hybridized carbons (Fsp3) is 0.579. The summed E-state index contributed by atoms with van der Waals surface area (Å²) in [6.45, 7) is 7.72. The van der Waals surface area contributed by atoms with Gasteiger partial charge < -0.3 is 4.90 Å². The van der Waals surface area contributed by atoms with Crippen molar-refractivity contribution in [1.82, 2.24) is 25.1 Å². The fourth-order valence-corrected chi connectivity index (χ4v) is 5.78. The third-order valence-electron chi connectivity index (χ3n) is 5.55. The second-order valence-corrected chi connectivity index (χ2v) is 9.82. The lowest BCUT2D eigenvalue weighted by molar-refractivity contribution is -0.129. The summed E-state index contributed by atoms with van der Waals surface area (Å²) < 4.78 is 14.9. The molecule has 1 aromatic heterocycles. The number of likely N-dealkylation sites (tertiary alicyclic amines) is 1. The Kier molecular flexibility index (Phi) is 4.49. The molecule has 1 saturated heterocycles. The normalized spacial score (nSPS) is 26.4. The monoisotopic (exact) mass is 389 g/mol. The number of hydrogen-bond donors (Lipinski definition) is 0. The molecule has 1 saturated carbocycles. The van der Waals surface area contributed by atoms with E-state index in [2.05, 4.69) is 41.2 Å². The van der Waals surface area contributed by atoms with Gasteiger partial charge in [0.2, 0.25) is 11.1 Å². The molecule has 6 nitrogen and oxygen atoms in total. The number of benzene rings is 1. The van der Waals surface area contributed by atoms with E-state index < -0.39 is 0 Å². The minimum Gasteiger partial charge on any atom is -0.338 e. The van der Waals surface area contributed by atoms with Crippen molar-refractivity contribution in [3.05, 3.63) is 30.1 Å². The van der Waals surface area contributed by atoms with E-state index >= 15 is 0 Å². The van der Waals surface area contributed by atoms with Gasteiger partial charge in [0, 0.05) is 12.6 Å². The van der Waals surface area contributed by atoms with E-state index in [9.17, 15) is 9.18 Å². The van der Waals surface area contributed by atoms with Crippen molar-refractivity contribution in [3.63, 3.8) is 0 Å². The van der Waals surface area contributed by atoms with E-state index in [0.717, 1.165) is 25.8 Å². The number of aromatic nitrogens is 4. The fourth-order valence-electron chi connectivity index (χ4n) is 5.00. The molecule has 1 amide bonds. The topological polar surface area (TPSA) is 63.9 Å². The van der Waals surface area contributed by atoms with Crippen molar-refractivity contribution in [2.24, 2.45) is 10.8 Å². The molecule has 2 aliphatic rings. The van der Waals surface area contributed by atoms with Crippen molar-refractivity contribution in [2.75, 3.05) is 12.3 Å². The summed E-state index contributed by atoms with van der Waals surface area (Å²) in [5.74, 6) is 0.0540. The second-order valence-electron chi connectivity index (χ2n) is 8.88. The molecule has 1 aliphatic carbocycles. The number of amides is 1. The zero-order chi connectivity index (χ0) is 19.2. The Morgan fingerprint density at radius 3 is 2.93 bits per heavy atom. The van der Waals surface area contributed by atoms with Gasteiger partial charge in [0.05, 0.1) is 11.4 Å². The highest BCUT2D eigenvalue weighted by molar-refractivity contribution is 7.99. The van der Waals surface area contributed by atoms with E-state index in [1.165, 1.54) is 28.6 Å². The number of fused-ring (bicyclic) bond motifs is 2. The van der Waals surface area contributed by atoms with Gasteiger partial charge in [-0.3, -0.25) is 4.79 Å². The number of halogens is 1. The molecule has 0 unspecified atom stereocenters. The summed E-state index contributed by atoms with van der Waals surface area (Å²) in [4.78, 5) is 15.0. The van der Waals surface area contributed by atoms with Crippen LogP contribution in [-0.2, 0) is 4.79 Å². The van der Waals surface area contributed by atoms with Gasteiger partial charge in [-0.05, 0) is 58.7 Å². The number of rotatable bonds is 4. The van der Waals surface area contributed by atoms with E-state index in [-0.39, 0.29) is 28.3 Å². The van der Waals surface area contributed by atoms with E-state index in [0.29, 0.717) is 16.9 Å². The largest absolute Gasteiger partial charge is 0.338 e. The van der Waals surface area contributed by atoms with Gasteiger partial charge in [-0.15, -0.1) is 5.10 Å². The summed E-state index contributed by atoms with van der Waals surface area (Å²) in [6, 6.07) is 6.41. The molecular weight excluding hydrogens is 365 g/mol. The number of nitrogens with zero attached hydrogens (tertiary/aromatic N) is 5. The van der Waals surface area contributed by atoms with Gasteiger partial charge in [-0.2, -0.15) is 4.68 Å². The van der Waals surface area contributed by atoms with Crippen LogP contribution in [0.15, 0.2) is 29.4 Å². The third-order valence-corrected chi connectivity index (χ3v) is 6.46. The first-order valence-corrected chi connectivity index (χ1v) is 10.2. The Labute approximate surface area is 162 Å². The predicted octanol–water partition coefficient (Wildman–Crippen LogP) is 3.32. The highest BCUT2D eigenvalue weighted by Gasteiger charge is 2.50. The number of carbonyl (C=O) groups excluding carboxylic acids is 1. The summed E-state index contributed by atoms with van der Waals surface area (Å²) in [6.07, 6.45) is 3.30. The van der Waals surface area contributed by atoms with Gasteiger partial charge in [0.1, 0.15) is 5.82 Å². The maximum Gasteiger partial charge on any atom is 0.233 e. The molecule has 0 spiro atoms. The molecule has 1 aliphatic heterocycles. The molecule has 27 heavy (non-hydrogen) atoms. The Hall–Kier alpha value is -1.96. The van der Waals surface area contributed by atoms with Crippen molar-refractivity contribution < 1.29 is 9.18 Å². The zero-order valence-corrected chi connectivity index (χ0v) is 16.7. The molecule has 0 N–H and O–H groups in total. The standard InChI is InChI=1S/C19H24FN5OS/c1-18(2)8-15-9-19(3,11-18)12-24(15)16(26)10-27-17-21-22-23-25(17)14-6-4-5-13(20)7-14/h4-7,15H,8-12H2,1-3H3/t15-,19-/m0/s1. The van der Waals surface area contributed by atoms with Crippen LogP contribution in [-0.4, -0.2) is 49.4 Å². The van der Waals surface area contributed by atoms with Gasteiger partial charge in [-0.1, -0.05) is 38.6 Å². The van der Waals surface area contributed by atoms with Crippen molar-refractivity contribution in [3.8, 4) is 5.69 Å². The molecule has 2 aromatic rings. The van der Waals surface area contributed by atoms with Crippen molar-refractivity contribution >= 4 is 17.7 Å². The lowest BCUT2D eigenvalue weighted by atomic mass is 9.65. The first-order valence-electron chi connectivity index (χ1n) is 9.21. The molecule has 144 valence electrons. The number of hydrogen-bond acceptors (Lipinski definition) is 5. The van der Waals surface area contributed by atoms with Crippen LogP contribution >= 0.6 is 11.8 Å². The first-order chi connectivity index (χ1) is 12.7. The first kappa shape index (κ1) is 18.4. The lowest BCUT2D eigenvalue weighted by Gasteiger charge is -2.39. The molecule has 0 radical (unpaired) electrons. The predicted molar refractivity (Wildman–Crippen MR) is 101 cm³/mol. The van der Waals surface area contributed by atoms with Crippen LogP contribution in [0.4, 0.5) is 4.39 Å². The van der Waals surface area contributed by atoms with E-state index in [4.69, 9.17) is 0 Å². The van der Waals surface area contributed by atoms with Crippen molar-refractivity contribution in [1.29, 1.82) is 0 Å². The van der Waals surface area contributed by atoms with E-state index in [1.54, 1.807) is 12.1 Å². The number of thioether (sulfide) groups is 1. The zero-order valence-electron chi connectivity index (χ0n) is 15.9. The molecule has 1 aromatic carbocycles. The minimum atomic E-state index is -0.352. The quantitative estimate of drug-likeness (QED) is 0.751. The SMILES string of the molecule is CC1(C)C[C@H]2C[C@](C)(CN2C(=O)CSc2nnnn2-c2cccc(F)c2)C1. The molecule has 2 heterocycles. The van der Waals surface area contributed by atoms with Gasteiger partial charge in [0.15, 0.2) is 0 Å². The maximum absolute atomic E-state index is 13.5. The third kappa shape index (κ3) is 3.72. The highest BCUT2D eigenvalue weighted by Crippen LogP contribution is 2.52. The van der Waals surface area contributed by atoms with E-state index in [1.807, 2.05) is 0 Å². The molecule has 8 heteroatoms. The Morgan fingerprint density at radius 2 is 2.15 bits per heavy atom. The van der Waals surface area contributed by atoms with Crippen LogP contribution in [0.5, 0.6) is 0 Å². The van der Waals surface area contributed by atoms with Crippen LogP contribution in [0.3, 0.4) is 0 Å². The molecule has 2 bridgehead atoms. The summed E-state index contributed by atoms with van der Waals surface area (Å²) in [5, 5.41) is 12.1. The number of tetrazole rings is 1. The maximum atomic E-state index is 13.5.